The first-order chi connectivity index (χ1) is 10.6. The summed E-state index contributed by atoms with van der Waals surface area (Å²) in [5.74, 6) is 0. The van der Waals surface area contributed by atoms with Crippen LogP contribution in [-0.2, 0) is 26.9 Å². The summed E-state index contributed by atoms with van der Waals surface area (Å²) in [6.07, 6.45) is 0.859. The van der Waals surface area contributed by atoms with Crippen molar-refractivity contribution < 1.29 is 16.8 Å². The van der Waals surface area contributed by atoms with Crippen molar-refractivity contribution in [2.45, 2.75) is 0 Å². The first kappa shape index (κ1) is 17.1. The van der Waals surface area contributed by atoms with Crippen LogP contribution in [0.15, 0.2) is 36.4 Å². The predicted molar refractivity (Wildman–Crippen MR) is 87.8 cm³/mol. The molecule has 0 saturated carbocycles. The summed E-state index contributed by atoms with van der Waals surface area (Å²) in [6, 6.07) is 12.0. The molecule has 1 heterocycles. The van der Waals surface area contributed by atoms with E-state index in [1.54, 1.807) is 35.9 Å². The molecule has 0 aliphatic heterocycles. The lowest BCUT2D eigenvalue weighted by Gasteiger charge is -2.09. The van der Waals surface area contributed by atoms with Gasteiger partial charge in [0.2, 0.25) is 10.0 Å². The van der Waals surface area contributed by atoms with Gasteiger partial charge in [-0.25, -0.2) is 16.8 Å². The van der Waals surface area contributed by atoms with Gasteiger partial charge in [0.1, 0.15) is 11.8 Å². The average Bonchev–Trinajstić information content (AvgIpc) is 2.77. The number of nitrogens with one attached hydrogen (secondary N) is 1. The molecule has 1 aromatic heterocycles. The lowest BCUT2D eigenvalue weighted by molar-refractivity contribution is 0.595. The third kappa shape index (κ3) is 4.34. The minimum absolute atomic E-state index is 0.270. The lowest BCUT2D eigenvalue weighted by atomic mass is 10.1. The van der Waals surface area contributed by atoms with Crippen LogP contribution in [0.2, 0.25) is 0 Å². The highest BCUT2D eigenvalue weighted by atomic mass is 32.3. The largest absolute Gasteiger partial charge is 0.335 e. The average molecular weight is 353 g/mol. The maximum atomic E-state index is 11.7. The Morgan fingerprint density at radius 1 is 1.09 bits per heavy atom. The van der Waals surface area contributed by atoms with Gasteiger partial charge in [-0.1, -0.05) is 12.1 Å². The Labute approximate surface area is 135 Å². The highest BCUT2D eigenvalue weighted by Gasteiger charge is 2.18. The Bertz CT molecular complexity index is 966. The fraction of sp³-hybridized carbons (Fsp3) is 0.214. The molecule has 0 radical (unpaired) electrons. The van der Waals surface area contributed by atoms with Gasteiger partial charge in [0.25, 0.3) is 0 Å². The molecule has 0 unspecified atom stereocenters. The number of nitriles is 1. The van der Waals surface area contributed by atoms with Crippen molar-refractivity contribution in [3.63, 3.8) is 0 Å². The molecule has 2 rings (SSSR count). The van der Waals surface area contributed by atoms with Gasteiger partial charge in [0.05, 0.1) is 0 Å². The summed E-state index contributed by atoms with van der Waals surface area (Å²) >= 11 is 0. The van der Waals surface area contributed by atoms with Crippen molar-refractivity contribution in [1.82, 2.24) is 4.57 Å². The van der Waals surface area contributed by atoms with Crippen LogP contribution in [-0.4, -0.2) is 32.7 Å². The number of hydrogen-bond donors (Lipinski definition) is 1. The molecule has 0 bridgehead atoms. The van der Waals surface area contributed by atoms with E-state index in [4.69, 9.17) is 5.26 Å². The summed E-state index contributed by atoms with van der Waals surface area (Å²) < 4.78 is 49.6. The highest BCUT2D eigenvalue weighted by Crippen LogP contribution is 2.23. The zero-order valence-electron chi connectivity index (χ0n) is 12.5. The summed E-state index contributed by atoms with van der Waals surface area (Å²) in [5.41, 5.74) is 2.40. The van der Waals surface area contributed by atoms with Crippen LogP contribution in [0.3, 0.4) is 0 Å². The SMILES string of the molecule is Cn1c(C#N)ccc1-c1ccc(NS(=O)(=O)CS(C)(=O)=O)cc1. The zero-order chi connectivity index (χ0) is 17.3. The maximum Gasteiger partial charge on any atom is 0.247 e. The molecule has 0 saturated heterocycles. The second kappa shape index (κ2) is 6.06. The fourth-order valence-corrected chi connectivity index (χ4v) is 5.10. The minimum Gasteiger partial charge on any atom is -0.335 e. The van der Waals surface area contributed by atoms with Gasteiger partial charge in [-0.2, -0.15) is 5.26 Å². The molecule has 0 fully saturated rings. The second-order valence-corrected chi connectivity index (χ2v) is 9.34. The van der Waals surface area contributed by atoms with Crippen molar-refractivity contribution in [3.05, 3.63) is 42.1 Å². The van der Waals surface area contributed by atoms with E-state index in [0.29, 0.717) is 5.69 Å². The first-order valence-electron chi connectivity index (χ1n) is 6.46. The molecule has 9 heteroatoms. The van der Waals surface area contributed by atoms with Gasteiger partial charge in [0.15, 0.2) is 14.9 Å². The molecule has 2 aromatic rings. The van der Waals surface area contributed by atoms with E-state index in [1.165, 1.54) is 12.1 Å². The Balaban J connectivity index is 2.23. The third-order valence-corrected chi connectivity index (χ3v) is 6.56. The van der Waals surface area contributed by atoms with Crippen LogP contribution in [0, 0.1) is 11.3 Å². The Kier molecular flexibility index (Phi) is 4.49. The van der Waals surface area contributed by atoms with E-state index in [9.17, 15) is 16.8 Å². The van der Waals surface area contributed by atoms with Crippen LogP contribution in [0.4, 0.5) is 5.69 Å². The van der Waals surface area contributed by atoms with Gasteiger partial charge in [0, 0.05) is 24.7 Å². The molecular formula is C14H15N3O4S2. The number of anilines is 1. The van der Waals surface area contributed by atoms with E-state index >= 15 is 0 Å². The van der Waals surface area contributed by atoms with Crippen molar-refractivity contribution >= 4 is 25.5 Å². The van der Waals surface area contributed by atoms with E-state index in [0.717, 1.165) is 17.5 Å². The normalized spacial score (nSPS) is 11.9. The molecular weight excluding hydrogens is 338 g/mol. The Hall–Kier alpha value is -2.31. The molecule has 0 aliphatic rings. The van der Waals surface area contributed by atoms with Gasteiger partial charge >= 0.3 is 0 Å². The van der Waals surface area contributed by atoms with Gasteiger partial charge < -0.3 is 4.57 Å². The monoisotopic (exact) mass is 353 g/mol. The highest BCUT2D eigenvalue weighted by molar-refractivity contribution is 8.08. The molecule has 0 atom stereocenters. The van der Waals surface area contributed by atoms with E-state index < -0.39 is 24.9 Å². The van der Waals surface area contributed by atoms with Crippen molar-refractivity contribution in [2.75, 3.05) is 16.1 Å². The van der Waals surface area contributed by atoms with Crippen LogP contribution >= 0.6 is 0 Å². The van der Waals surface area contributed by atoms with Crippen LogP contribution in [0.5, 0.6) is 0 Å². The van der Waals surface area contributed by atoms with Gasteiger partial charge in [-0.05, 0) is 29.8 Å². The Morgan fingerprint density at radius 3 is 2.17 bits per heavy atom. The molecule has 0 amide bonds. The van der Waals surface area contributed by atoms with E-state index in [1.807, 2.05) is 0 Å². The maximum absolute atomic E-state index is 11.7. The van der Waals surface area contributed by atoms with Gasteiger partial charge in [-0.15, -0.1) is 0 Å². The summed E-state index contributed by atoms with van der Waals surface area (Å²) in [4.78, 5) is 0. The number of hydrogen-bond acceptors (Lipinski definition) is 5. The van der Waals surface area contributed by atoms with E-state index in [2.05, 4.69) is 10.8 Å². The molecule has 122 valence electrons. The molecule has 23 heavy (non-hydrogen) atoms. The molecule has 0 aliphatic carbocycles. The number of rotatable bonds is 5. The predicted octanol–water partition coefficient (Wildman–Crippen LogP) is 1.31. The standard InChI is InChI=1S/C14H15N3O4S2/c1-17-13(9-15)7-8-14(17)11-3-5-12(6-4-11)16-23(20,21)10-22(2,18)19/h3-8,16H,10H2,1-2H3. The van der Waals surface area contributed by atoms with Crippen LogP contribution < -0.4 is 4.72 Å². The summed E-state index contributed by atoms with van der Waals surface area (Å²) in [7, 11) is -5.85. The number of nitrogens with zero attached hydrogens (tertiary/aromatic N) is 2. The first-order valence-corrected chi connectivity index (χ1v) is 10.2. The smallest absolute Gasteiger partial charge is 0.247 e. The summed E-state index contributed by atoms with van der Waals surface area (Å²) in [6.45, 7) is 0. The topological polar surface area (TPSA) is 109 Å². The van der Waals surface area contributed by atoms with E-state index in [-0.39, 0.29) is 5.69 Å². The molecule has 1 aromatic carbocycles. The van der Waals surface area contributed by atoms with Crippen molar-refractivity contribution in [2.24, 2.45) is 7.05 Å². The fourth-order valence-electron chi connectivity index (χ4n) is 2.11. The number of sulfonamides is 1. The van der Waals surface area contributed by atoms with Crippen molar-refractivity contribution in [3.8, 4) is 17.3 Å². The number of aromatic nitrogens is 1. The van der Waals surface area contributed by atoms with Crippen LogP contribution in [0.1, 0.15) is 5.69 Å². The quantitative estimate of drug-likeness (QED) is 0.871. The second-order valence-electron chi connectivity index (χ2n) is 5.11. The third-order valence-electron chi connectivity index (χ3n) is 3.06. The number of sulfone groups is 1. The molecule has 0 spiro atoms. The number of benzene rings is 1. The molecule has 1 N–H and O–H groups in total. The Morgan fingerprint density at radius 2 is 1.70 bits per heavy atom. The van der Waals surface area contributed by atoms with Crippen molar-refractivity contribution in [1.29, 1.82) is 5.26 Å². The lowest BCUT2D eigenvalue weighted by Crippen LogP contribution is -2.22. The summed E-state index contributed by atoms with van der Waals surface area (Å²) in [5, 5.41) is 7.98. The zero-order valence-corrected chi connectivity index (χ0v) is 14.1. The molecule has 7 nitrogen and oxygen atoms in total. The van der Waals surface area contributed by atoms with Gasteiger partial charge in [-0.3, -0.25) is 4.72 Å². The van der Waals surface area contributed by atoms with Crippen LogP contribution in [0.25, 0.3) is 11.3 Å². The minimum atomic E-state index is -3.96.